The summed E-state index contributed by atoms with van der Waals surface area (Å²) in [4.78, 5) is 0. The van der Waals surface area contributed by atoms with Crippen molar-refractivity contribution in [2.45, 2.75) is 39.0 Å². The highest BCUT2D eigenvalue weighted by Gasteiger charge is 2.04. The predicted molar refractivity (Wildman–Crippen MR) is 108 cm³/mol. The molecule has 1 N–H and O–H groups in total. The maximum atomic E-state index is 13.0. The van der Waals surface area contributed by atoms with Gasteiger partial charge in [0.05, 0.1) is 0 Å². The van der Waals surface area contributed by atoms with Crippen molar-refractivity contribution in [3.63, 3.8) is 0 Å². The van der Waals surface area contributed by atoms with Crippen LogP contribution in [0.2, 0.25) is 0 Å². The van der Waals surface area contributed by atoms with Crippen molar-refractivity contribution in [3.05, 3.63) is 101 Å². The number of hydrogen-bond acceptors (Lipinski definition) is 2. The number of ether oxygens (including phenoxy) is 1. The van der Waals surface area contributed by atoms with Crippen LogP contribution in [0.5, 0.6) is 5.75 Å². The van der Waals surface area contributed by atoms with Gasteiger partial charge in [0.25, 0.3) is 0 Å². The summed E-state index contributed by atoms with van der Waals surface area (Å²) < 4.78 is 18.8. The summed E-state index contributed by atoms with van der Waals surface area (Å²) in [6, 6.07) is 25.5. The van der Waals surface area contributed by atoms with Crippen molar-refractivity contribution < 1.29 is 9.13 Å². The van der Waals surface area contributed by atoms with E-state index in [2.05, 4.69) is 54.7 Å². The molecule has 3 heteroatoms. The summed E-state index contributed by atoms with van der Waals surface area (Å²) in [6.45, 7) is 3.46. The van der Waals surface area contributed by atoms with Crippen LogP contribution in [0.1, 0.15) is 30.0 Å². The largest absolute Gasteiger partial charge is 0.489 e. The summed E-state index contributed by atoms with van der Waals surface area (Å²) in [5.41, 5.74) is 3.52. The molecule has 0 aliphatic heterocycles. The van der Waals surface area contributed by atoms with Crippen molar-refractivity contribution in [2.24, 2.45) is 0 Å². The first kappa shape index (κ1) is 19.1. The summed E-state index contributed by atoms with van der Waals surface area (Å²) in [5.74, 6) is 0.601. The lowest BCUT2D eigenvalue weighted by atomic mass is 10.1. The molecule has 27 heavy (non-hydrogen) atoms. The Hall–Kier alpha value is -2.65. The Kier molecular flexibility index (Phi) is 7.00. The van der Waals surface area contributed by atoms with E-state index in [9.17, 15) is 4.39 Å². The molecule has 0 heterocycles. The third-order valence-corrected chi connectivity index (χ3v) is 4.58. The molecule has 3 aromatic rings. The van der Waals surface area contributed by atoms with E-state index in [1.165, 1.54) is 23.3 Å². The number of halogens is 1. The van der Waals surface area contributed by atoms with Crippen molar-refractivity contribution in [1.82, 2.24) is 5.32 Å². The van der Waals surface area contributed by atoms with Crippen LogP contribution >= 0.6 is 0 Å². The number of rotatable bonds is 9. The Labute approximate surface area is 161 Å². The molecular formula is C24H26FNO. The number of benzene rings is 3. The van der Waals surface area contributed by atoms with E-state index in [4.69, 9.17) is 4.74 Å². The van der Waals surface area contributed by atoms with Crippen LogP contribution in [0.4, 0.5) is 4.39 Å². The average Bonchev–Trinajstić information content (AvgIpc) is 2.71. The smallest absolute Gasteiger partial charge is 0.123 e. The van der Waals surface area contributed by atoms with Gasteiger partial charge in [0.1, 0.15) is 18.2 Å². The Morgan fingerprint density at radius 1 is 0.852 bits per heavy atom. The molecule has 0 bridgehead atoms. The zero-order valence-corrected chi connectivity index (χ0v) is 15.7. The number of hydrogen-bond donors (Lipinski definition) is 1. The van der Waals surface area contributed by atoms with Gasteiger partial charge in [-0.2, -0.15) is 0 Å². The minimum absolute atomic E-state index is 0.229. The highest BCUT2D eigenvalue weighted by Crippen LogP contribution is 2.16. The molecule has 0 spiro atoms. The molecule has 0 aromatic heterocycles. The van der Waals surface area contributed by atoms with E-state index in [0.717, 1.165) is 30.7 Å². The molecule has 2 nitrogen and oxygen atoms in total. The second-order valence-electron chi connectivity index (χ2n) is 6.87. The van der Waals surface area contributed by atoms with Gasteiger partial charge in [-0.05, 0) is 60.7 Å². The van der Waals surface area contributed by atoms with Crippen molar-refractivity contribution in [1.29, 1.82) is 0 Å². The van der Waals surface area contributed by atoms with E-state index in [-0.39, 0.29) is 5.82 Å². The Balaban J connectivity index is 1.44. The topological polar surface area (TPSA) is 21.3 Å². The van der Waals surface area contributed by atoms with Gasteiger partial charge in [0, 0.05) is 12.6 Å². The quantitative estimate of drug-likeness (QED) is 0.541. The lowest BCUT2D eigenvalue weighted by Crippen LogP contribution is -2.25. The molecule has 0 aliphatic rings. The number of aryl methyl sites for hydroxylation is 1. The fourth-order valence-corrected chi connectivity index (χ4v) is 2.91. The molecule has 0 saturated heterocycles. The van der Waals surface area contributed by atoms with Gasteiger partial charge in [0.2, 0.25) is 0 Å². The molecule has 3 aromatic carbocycles. The Morgan fingerprint density at radius 2 is 1.59 bits per heavy atom. The minimum atomic E-state index is -0.229. The summed E-state index contributed by atoms with van der Waals surface area (Å²) in [5, 5.41) is 3.58. The van der Waals surface area contributed by atoms with Crippen LogP contribution in [0.15, 0.2) is 78.9 Å². The highest BCUT2D eigenvalue weighted by atomic mass is 19.1. The molecule has 140 valence electrons. The predicted octanol–water partition coefficient (Wildman–Crippen LogP) is 5.52. The molecule has 0 radical (unpaired) electrons. The summed E-state index contributed by atoms with van der Waals surface area (Å²) >= 11 is 0. The second-order valence-corrected chi connectivity index (χ2v) is 6.87. The van der Waals surface area contributed by atoms with E-state index in [0.29, 0.717) is 12.6 Å². The summed E-state index contributed by atoms with van der Waals surface area (Å²) in [6.07, 6.45) is 2.18. The lowest BCUT2D eigenvalue weighted by Gasteiger charge is -2.14. The van der Waals surface area contributed by atoms with E-state index >= 15 is 0 Å². The normalized spacial score (nSPS) is 11.9. The van der Waals surface area contributed by atoms with Crippen LogP contribution < -0.4 is 10.1 Å². The molecule has 1 atom stereocenters. The van der Waals surface area contributed by atoms with Crippen LogP contribution in [-0.2, 0) is 19.6 Å². The zero-order chi connectivity index (χ0) is 18.9. The molecular weight excluding hydrogens is 337 g/mol. The molecule has 1 unspecified atom stereocenters. The molecule has 0 fully saturated rings. The zero-order valence-electron chi connectivity index (χ0n) is 15.7. The van der Waals surface area contributed by atoms with E-state index in [1.807, 2.05) is 12.1 Å². The van der Waals surface area contributed by atoms with E-state index in [1.54, 1.807) is 12.1 Å². The SMILES string of the molecule is CC(CCc1ccccc1)NCc1cccc(OCc2ccc(F)cc2)c1. The lowest BCUT2D eigenvalue weighted by molar-refractivity contribution is 0.305. The maximum Gasteiger partial charge on any atom is 0.123 e. The van der Waals surface area contributed by atoms with Gasteiger partial charge < -0.3 is 10.1 Å². The molecule has 0 amide bonds. The van der Waals surface area contributed by atoms with E-state index < -0.39 is 0 Å². The van der Waals surface area contributed by atoms with Crippen LogP contribution in [0.3, 0.4) is 0 Å². The van der Waals surface area contributed by atoms with Crippen molar-refractivity contribution in [3.8, 4) is 5.75 Å². The monoisotopic (exact) mass is 363 g/mol. The molecule has 0 saturated carbocycles. The maximum absolute atomic E-state index is 13.0. The molecule has 3 rings (SSSR count). The Morgan fingerprint density at radius 3 is 2.37 bits per heavy atom. The van der Waals surface area contributed by atoms with Crippen LogP contribution in [0.25, 0.3) is 0 Å². The first-order valence-corrected chi connectivity index (χ1v) is 9.42. The fraction of sp³-hybridized carbons (Fsp3) is 0.250. The third-order valence-electron chi connectivity index (χ3n) is 4.58. The van der Waals surface area contributed by atoms with Gasteiger partial charge in [-0.25, -0.2) is 4.39 Å². The fourth-order valence-electron chi connectivity index (χ4n) is 2.91. The first-order chi connectivity index (χ1) is 13.2. The summed E-state index contributed by atoms with van der Waals surface area (Å²) in [7, 11) is 0. The van der Waals surface area contributed by atoms with Crippen molar-refractivity contribution in [2.75, 3.05) is 0 Å². The average molecular weight is 363 g/mol. The Bertz CT molecular complexity index is 817. The van der Waals surface area contributed by atoms with Crippen molar-refractivity contribution >= 4 is 0 Å². The van der Waals surface area contributed by atoms with Crippen LogP contribution in [0, 0.1) is 5.82 Å². The minimum Gasteiger partial charge on any atom is -0.489 e. The highest BCUT2D eigenvalue weighted by molar-refractivity contribution is 5.29. The second kappa shape index (κ2) is 9.89. The first-order valence-electron chi connectivity index (χ1n) is 9.42. The van der Waals surface area contributed by atoms with Crippen LogP contribution in [-0.4, -0.2) is 6.04 Å². The standard InChI is InChI=1S/C24H26FNO/c1-19(10-11-20-6-3-2-4-7-20)26-17-22-8-5-9-24(16-22)27-18-21-12-14-23(25)15-13-21/h2-9,12-16,19,26H,10-11,17-18H2,1H3. The molecule has 0 aliphatic carbocycles. The van der Waals surface area contributed by atoms with Gasteiger partial charge in [-0.15, -0.1) is 0 Å². The van der Waals surface area contributed by atoms with Gasteiger partial charge in [0.15, 0.2) is 0 Å². The number of nitrogens with one attached hydrogen (secondary N) is 1. The van der Waals surface area contributed by atoms with Gasteiger partial charge in [-0.1, -0.05) is 54.6 Å². The third kappa shape index (κ3) is 6.54. The van der Waals surface area contributed by atoms with Gasteiger partial charge >= 0.3 is 0 Å². The van der Waals surface area contributed by atoms with Gasteiger partial charge in [-0.3, -0.25) is 0 Å².